The first-order valence-electron chi connectivity index (χ1n) is 9.77. The Labute approximate surface area is 157 Å². The summed E-state index contributed by atoms with van der Waals surface area (Å²) in [6.07, 6.45) is 6.46. The number of rotatable bonds is 0. The lowest BCUT2D eigenvalue weighted by atomic mass is 10.1. The lowest BCUT2D eigenvalue weighted by molar-refractivity contribution is -0.124. The quantitative estimate of drug-likeness (QED) is 0.617. The number of likely N-dealkylation sites (N-methyl/N-ethyl adjacent to an activating group) is 2. The highest BCUT2D eigenvalue weighted by Gasteiger charge is 2.29. The Hall–Kier alpha value is -1.98. The summed E-state index contributed by atoms with van der Waals surface area (Å²) in [6.45, 7) is 4.00. The van der Waals surface area contributed by atoms with Crippen LogP contribution in [0.15, 0.2) is 22.5 Å². The van der Waals surface area contributed by atoms with Crippen LogP contribution in [0.3, 0.4) is 0 Å². The standard InChI is InChI=1S/2C10H16N2O/c2*1-11-6-3-4-9(11)8-5-7-12(2)10(8)13/h2*3-7H2,1-2H3/b9-8+;9-8-. The van der Waals surface area contributed by atoms with Crippen LogP contribution >= 0.6 is 0 Å². The molecule has 4 heterocycles. The number of likely N-dealkylation sites (tertiary alicyclic amines) is 4. The van der Waals surface area contributed by atoms with Crippen LogP contribution in [0, 0.1) is 0 Å². The van der Waals surface area contributed by atoms with Crippen molar-refractivity contribution >= 4 is 11.8 Å². The van der Waals surface area contributed by atoms with Crippen molar-refractivity contribution in [2.75, 3.05) is 54.4 Å². The highest BCUT2D eigenvalue weighted by Crippen LogP contribution is 2.29. The van der Waals surface area contributed by atoms with E-state index in [2.05, 4.69) is 23.9 Å². The van der Waals surface area contributed by atoms with Gasteiger partial charge in [-0.3, -0.25) is 9.59 Å². The topological polar surface area (TPSA) is 47.1 Å². The zero-order chi connectivity index (χ0) is 18.8. The minimum atomic E-state index is 0.240. The third kappa shape index (κ3) is 3.60. The van der Waals surface area contributed by atoms with Gasteiger partial charge in [0.2, 0.25) is 0 Å². The van der Waals surface area contributed by atoms with Gasteiger partial charge < -0.3 is 19.6 Å². The van der Waals surface area contributed by atoms with Crippen molar-refractivity contribution in [1.82, 2.24) is 19.6 Å². The van der Waals surface area contributed by atoms with Crippen molar-refractivity contribution in [3.63, 3.8) is 0 Å². The molecule has 0 unspecified atom stereocenters. The van der Waals surface area contributed by atoms with E-state index in [9.17, 15) is 9.59 Å². The number of amides is 2. The fourth-order valence-electron chi connectivity index (χ4n) is 4.35. The van der Waals surface area contributed by atoms with E-state index >= 15 is 0 Å². The van der Waals surface area contributed by atoms with Crippen LogP contribution in [0.25, 0.3) is 0 Å². The molecule has 0 saturated carbocycles. The molecule has 4 rings (SSSR count). The average Bonchev–Trinajstić information content (AvgIpc) is 3.36. The molecule has 2 amide bonds. The molecule has 6 heteroatoms. The van der Waals surface area contributed by atoms with Crippen molar-refractivity contribution in [1.29, 1.82) is 0 Å². The van der Waals surface area contributed by atoms with Gasteiger partial charge in [0.05, 0.1) is 0 Å². The lowest BCUT2D eigenvalue weighted by Crippen LogP contribution is -2.21. The van der Waals surface area contributed by atoms with Gasteiger partial charge in [0, 0.05) is 76.9 Å². The number of carbonyl (C=O) groups is 2. The number of allylic oxidation sites excluding steroid dienone is 2. The van der Waals surface area contributed by atoms with Gasteiger partial charge in [-0.2, -0.15) is 0 Å². The Balaban J connectivity index is 0.000000151. The highest BCUT2D eigenvalue weighted by atomic mass is 16.2. The Morgan fingerprint density at radius 1 is 0.538 bits per heavy atom. The van der Waals surface area contributed by atoms with E-state index in [1.165, 1.54) is 24.2 Å². The van der Waals surface area contributed by atoms with Crippen molar-refractivity contribution < 1.29 is 9.59 Å². The predicted octanol–water partition coefficient (Wildman–Crippen LogP) is 1.66. The number of hydrogen-bond donors (Lipinski definition) is 0. The third-order valence-corrected chi connectivity index (χ3v) is 6.04. The molecular formula is C20H32N4O2. The maximum absolute atomic E-state index is 11.7. The second kappa shape index (κ2) is 7.72. The molecule has 4 aliphatic rings. The molecule has 0 bridgehead atoms. The SMILES string of the molecule is CN1CC/C(=C2/CCCN2C)C1=O.CN1CC/C(=C2\CCCN2C)C1=O. The van der Waals surface area contributed by atoms with Crippen LogP contribution in [-0.2, 0) is 9.59 Å². The van der Waals surface area contributed by atoms with Crippen LogP contribution in [0.5, 0.6) is 0 Å². The number of hydrogen-bond acceptors (Lipinski definition) is 4. The van der Waals surface area contributed by atoms with E-state index in [0.29, 0.717) is 0 Å². The van der Waals surface area contributed by atoms with Gasteiger partial charge in [-0.25, -0.2) is 0 Å². The van der Waals surface area contributed by atoms with Crippen molar-refractivity contribution in [2.24, 2.45) is 0 Å². The van der Waals surface area contributed by atoms with Crippen molar-refractivity contribution in [2.45, 2.75) is 38.5 Å². The second-order valence-electron chi connectivity index (χ2n) is 7.85. The van der Waals surface area contributed by atoms with E-state index < -0.39 is 0 Å². The summed E-state index contributed by atoms with van der Waals surface area (Å²) in [6, 6.07) is 0. The number of nitrogens with zero attached hydrogens (tertiary/aromatic N) is 4. The van der Waals surface area contributed by atoms with E-state index in [1.54, 1.807) is 0 Å². The van der Waals surface area contributed by atoms with Gasteiger partial charge in [0.1, 0.15) is 0 Å². The molecule has 0 aliphatic carbocycles. The van der Waals surface area contributed by atoms with E-state index in [1.807, 2.05) is 23.9 Å². The third-order valence-electron chi connectivity index (χ3n) is 6.04. The molecule has 0 spiro atoms. The highest BCUT2D eigenvalue weighted by molar-refractivity contribution is 5.96. The molecular weight excluding hydrogens is 328 g/mol. The number of carbonyl (C=O) groups excluding carboxylic acids is 2. The van der Waals surface area contributed by atoms with Crippen molar-refractivity contribution in [3.8, 4) is 0 Å². The first-order valence-corrected chi connectivity index (χ1v) is 9.77. The summed E-state index contributed by atoms with van der Waals surface area (Å²) >= 11 is 0. The monoisotopic (exact) mass is 360 g/mol. The van der Waals surface area contributed by atoms with Crippen LogP contribution in [-0.4, -0.2) is 85.8 Å². The van der Waals surface area contributed by atoms with E-state index in [4.69, 9.17) is 0 Å². The van der Waals surface area contributed by atoms with Gasteiger partial charge in [-0.15, -0.1) is 0 Å². The first-order chi connectivity index (χ1) is 12.4. The Kier molecular flexibility index (Phi) is 5.58. The van der Waals surface area contributed by atoms with Crippen LogP contribution in [0.4, 0.5) is 0 Å². The van der Waals surface area contributed by atoms with Crippen LogP contribution < -0.4 is 0 Å². The smallest absolute Gasteiger partial charge is 0.251 e. The minimum absolute atomic E-state index is 0.240. The fraction of sp³-hybridized carbons (Fsp3) is 0.700. The Bertz CT molecular complexity index is 596. The normalized spacial score (nSPS) is 29.2. The first kappa shape index (κ1) is 18.8. The molecule has 26 heavy (non-hydrogen) atoms. The Morgan fingerprint density at radius 3 is 1.15 bits per heavy atom. The zero-order valence-corrected chi connectivity index (χ0v) is 16.7. The molecule has 0 aromatic carbocycles. The van der Waals surface area contributed by atoms with Gasteiger partial charge in [-0.05, 0) is 38.5 Å². The average molecular weight is 361 g/mol. The van der Waals surface area contributed by atoms with Crippen molar-refractivity contribution in [3.05, 3.63) is 22.5 Å². The predicted molar refractivity (Wildman–Crippen MR) is 102 cm³/mol. The largest absolute Gasteiger partial charge is 0.377 e. The summed E-state index contributed by atoms with van der Waals surface area (Å²) in [4.78, 5) is 31.4. The van der Waals surface area contributed by atoms with Gasteiger partial charge in [0.25, 0.3) is 11.8 Å². The summed E-state index contributed by atoms with van der Waals surface area (Å²) in [7, 11) is 7.93. The fourth-order valence-corrected chi connectivity index (χ4v) is 4.35. The molecule has 0 aromatic rings. The van der Waals surface area contributed by atoms with Gasteiger partial charge in [0.15, 0.2) is 0 Å². The van der Waals surface area contributed by atoms with E-state index in [-0.39, 0.29) is 11.8 Å². The molecule has 4 fully saturated rings. The zero-order valence-electron chi connectivity index (χ0n) is 16.7. The molecule has 0 atom stereocenters. The molecule has 0 aromatic heterocycles. The van der Waals surface area contributed by atoms with Crippen LogP contribution in [0.1, 0.15) is 38.5 Å². The summed E-state index contributed by atoms with van der Waals surface area (Å²) < 4.78 is 0. The molecule has 144 valence electrons. The summed E-state index contributed by atoms with van der Waals surface area (Å²) in [5.41, 5.74) is 4.69. The molecule has 4 aliphatic heterocycles. The molecule has 0 N–H and O–H groups in total. The summed E-state index contributed by atoms with van der Waals surface area (Å²) in [5.74, 6) is 0.479. The molecule has 6 nitrogen and oxygen atoms in total. The minimum Gasteiger partial charge on any atom is -0.377 e. The van der Waals surface area contributed by atoms with Gasteiger partial charge in [-0.1, -0.05) is 0 Å². The second-order valence-corrected chi connectivity index (χ2v) is 7.85. The maximum Gasteiger partial charge on any atom is 0.251 e. The van der Waals surface area contributed by atoms with E-state index in [0.717, 1.165) is 63.0 Å². The van der Waals surface area contributed by atoms with Gasteiger partial charge >= 0.3 is 0 Å². The molecule has 4 saturated heterocycles. The maximum atomic E-state index is 11.7. The Morgan fingerprint density at radius 2 is 0.923 bits per heavy atom. The molecule has 0 radical (unpaired) electrons. The summed E-state index contributed by atoms with van der Waals surface area (Å²) in [5, 5.41) is 0. The van der Waals surface area contributed by atoms with Crippen LogP contribution in [0.2, 0.25) is 0 Å². The lowest BCUT2D eigenvalue weighted by Gasteiger charge is -2.15.